The predicted molar refractivity (Wildman–Crippen MR) is 107 cm³/mol. The van der Waals surface area contributed by atoms with Gasteiger partial charge in [-0.15, -0.1) is 0 Å². The van der Waals surface area contributed by atoms with Crippen molar-refractivity contribution in [3.05, 3.63) is 59.2 Å². The second kappa shape index (κ2) is 7.66. The van der Waals surface area contributed by atoms with E-state index in [4.69, 9.17) is 12.2 Å². The van der Waals surface area contributed by atoms with Crippen molar-refractivity contribution in [2.24, 2.45) is 0 Å². The van der Waals surface area contributed by atoms with E-state index in [-0.39, 0.29) is 5.91 Å². The average Bonchev–Trinajstić information content (AvgIpc) is 3.13. The topological polar surface area (TPSA) is 44.4 Å². The lowest BCUT2D eigenvalue weighted by Crippen LogP contribution is -2.27. The van der Waals surface area contributed by atoms with E-state index in [1.54, 1.807) is 0 Å². The van der Waals surface area contributed by atoms with E-state index < -0.39 is 0 Å². The van der Waals surface area contributed by atoms with Crippen molar-refractivity contribution < 1.29 is 4.79 Å². The number of aryl methyl sites for hydroxylation is 2. The van der Waals surface area contributed by atoms with Crippen LogP contribution in [0.5, 0.6) is 0 Å². The van der Waals surface area contributed by atoms with Crippen molar-refractivity contribution in [2.45, 2.75) is 26.7 Å². The Morgan fingerprint density at radius 1 is 0.920 bits per heavy atom. The first-order chi connectivity index (χ1) is 12.0. The van der Waals surface area contributed by atoms with Crippen LogP contribution in [0, 0.1) is 13.8 Å². The van der Waals surface area contributed by atoms with E-state index in [2.05, 4.69) is 36.6 Å². The molecule has 0 saturated carbocycles. The predicted octanol–water partition coefficient (Wildman–Crippen LogP) is 4.35. The molecule has 0 atom stereocenters. The highest BCUT2D eigenvalue weighted by atomic mass is 32.1. The fourth-order valence-electron chi connectivity index (χ4n) is 2.91. The number of nitrogens with zero attached hydrogens (tertiary/aromatic N) is 1. The molecule has 3 rings (SSSR count). The Balaban J connectivity index is 1.59. The Morgan fingerprint density at radius 2 is 1.52 bits per heavy atom. The summed E-state index contributed by atoms with van der Waals surface area (Å²) in [5, 5.41) is 6.87. The van der Waals surface area contributed by atoms with Gasteiger partial charge in [0.2, 0.25) is 0 Å². The fourth-order valence-corrected chi connectivity index (χ4v) is 3.15. The number of carbonyl (C=O) groups excluding carboxylic acids is 1. The van der Waals surface area contributed by atoms with Gasteiger partial charge in [-0.25, -0.2) is 0 Å². The molecule has 2 aromatic rings. The number of hydrogen-bond acceptors (Lipinski definition) is 2. The number of carbonyl (C=O) groups is 1. The molecule has 0 radical (unpaired) electrons. The Hall–Kier alpha value is -2.40. The van der Waals surface area contributed by atoms with Gasteiger partial charge in [-0.05, 0) is 86.4 Å². The van der Waals surface area contributed by atoms with Gasteiger partial charge in [0.25, 0.3) is 5.91 Å². The van der Waals surface area contributed by atoms with E-state index in [1.165, 1.54) is 11.1 Å². The van der Waals surface area contributed by atoms with Crippen LogP contribution in [0.15, 0.2) is 42.5 Å². The maximum atomic E-state index is 12.3. The zero-order valence-corrected chi connectivity index (χ0v) is 15.5. The summed E-state index contributed by atoms with van der Waals surface area (Å²) in [6.45, 7) is 5.89. The largest absolute Gasteiger partial charge is 0.339 e. The molecule has 1 heterocycles. The molecule has 130 valence electrons. The number of thiocarbonyl (C=S) groups is 1. The van der Waals surface area contributed by atoms with E-state index in [0.717, 1.165) is 42.9 Å². The maximum Gasteiger partial charge on any atom is 0.253 e. The minimum absolute atomic E-state index is 0.111. The van der Waals surface area contributed by atoms with Crippen LogP contribution in [0.4, 0.5) is 11.4 Å². The van der Waals surface area contributed by atoms with Crippen LogP contribution in [-0.2, 0) is 0 Å². The molecule has 1 aliphatic heterocycles. The molecule has 0 spiro atoms. The minimum atomic E-state index is 0.111. The molecule has 2 aromatic carbocycles. The molecule has 5 heteroatoms. The van der Waals surface area contributed by atoms with Crippen LogP contribution in [0.2, 0.25) is 0 Å². The summed E-state index contributed by atoms with van der Waals surface area (Å²) in [5.41, 5.74) is 5.02. The van der Waals surface area contributed by atoms with Crippen LogP contribution in [0.1, 0.15) is 34.3 Å². The van der Waals surface area contributed by atoms with Crippen molar-refractivity contribution in [2.75, 3.05) is 23.7 Å². The van der Waals surface area contributed by atoms with Gasteiger partial charge in [0.1, 0.15) is 0 Å². The van der Waals surface area contributed by atoms with Crippen LogP contribution in [0.25, 0.3) is 0 Å². The third kappa shape index (κ3) is 4.37. The smallest absolute Gasteiger partial charge is 0.253 e. The highest BCUT2D eigenvalue weighted by molar-refractivity contribution is 7.80. The Kier molecular flexibility index (Phi) is 5.34. The molecule has 1 saturated heterocycles. The zero-order valence-electron chi connectivity index (χ0n) is 14.6. The summed E-state index contributed by atoms with van der Waals surface area (Å²) < 4.78 is 0. The highest BCUT2D eigenvalue weighted by Gasteiger charge is 2.19. The van der Waals surface area contributed by atoms with Gasteiger partial charge in [0, 0.05) is 30.0 Å². The molecule has 4 nitrogen and oxygen atoms in total. The number of benzene rings is 2. The summed E-state index contributed by atoms with van der Waals surface area (Å²) >= 11 is 5.37. The summed E-state index contributed by atoms with van der Waals surface area (Å²) in [5.74, 6) is 0.111. The fraction of sp³-hybridized carbons (Fsp3) is 0.300. The highest BCUT2D eigenvalue weighted by Crippen LogP contribution is 2.17. The summed E-state index contributed by atoms with van der Waals surface area (Å²) in [6.07, 6.45) is 2.20. The third-order valence-corrected chi connectivity index (χ3v) is 4.75. The molecule has 2 N–H and O–H groups in total. The van der Waals surface area contributed by atoms with Crippen LogP contribution < -0.4 is 10.6 Å². The van der Waals surface area contributed by atoms with Crippen molar-refractivity contribution in [3.8, 4) is 0 Å². The lowest BCUT2D eigenvalue weighted by Gasteiger charge is -2.16. The third-order valence-electron chi connectivity index (χ3n) is 4.55. The van der Waals surface area contributed by atoms with Gasteiger partial charge in [0.15, 0.2) is 5.11 Å². The average molecular weight is 353 g/mol. The molecule has 0 aliphatic carbocycles. The van der Waals surface area contributed by atoms with Gasteiger partial charge >= 0.3 is 0 Å². The van der Waals surface area contributed by atoms with Crippen molar-refractivity contribution in [1.82, 2.24) is 4.90 Å². The second-order valence-electron chi connectivity index (χ2n) is 6.45. The van der Waals surface area contributed by atoms with Crippen LogP contribution in [-0.4, -0.2) is 29.0 Å². The Bertz CT molecular complexity index is 780. The lowest BCUT2D eigenvalue weighted by molar-refractivity contribution is 0.0793. The van der Waals surface area contributed by atoms with E-state index in [0.29, 0.717) is 5.11 Å². The Labute approximate surface area is 154 Å². The standard InChI is InChI=1S/C20H23N3OS/c1-14-5-8-18(13-15(14)2)22-20(25)21-17-9-6-16(7-10-17)19(24)23-11-3-4-12-23/h5-10,13H,3-4,11-12H2,1-2H3,(H2,21,22,25). The molecule has 1 amide bonds. The molecule has 0 unspecified atom stereocenters. The first kappa shape index (κ1) is 17.4. The number of nitrogens with one attached hydrogen (secondary N) is 2. The van der Waals surface area contributed by atoms with E-state index in [1.807, 2.05) is 35.2 Å². The van der Waals surface area contributed by atoms with Crippen molar-refractivity contribution in [3.63, 3.8) is 0 Å². The molecule has 1 fully saturated rings. The number of hydrogen-bond donors (Lipinski definition) is 2. The van der Waals surface area contributed by atoms with Crippen LogP contribution in [0.3, 0.4) is 0 Å². The lowest BCUT2D eigenvalue weighted by atomic mass is 10.1. The summed E-state index contributed by atoms with van der Waals surface area (Å²) in [6, 6.07) is 13.6. The minimum Gasteiger partial charge on any atom is -0.339 e. The molecular weight excluding hydrogens is 330 g/mol. The monoisotopic (exact) mass is 353 g/mol. The summed E-state index contributed by atoms with van der Waals surface area (Å²) in [4.78, 5) is 14.3. The van der Waals surface area contributed by atoms with E-state index >= 15 is 0 Å². The maximum absolute atomic E-state index is 12.3. The second-order valence-corrected chi connectivity index (χ2v) is 6.86. The quantitative estimate of drug-likeness (QED) is 0.805. The van der Waals surface area contributed by atoms with E-state index in [9.17, 15) is 4.79 Å². The van der Waals surface area contributed by atoms with Gasteiger partial charge in [-0.2, -0.15) is 0 Å². The molecule has 0 bridgehead atoms. The molecule has 1 aliphatic rings. The molecular formula is C20H23N3OS. The summed E-state index contributed by atoms with van der Waals surface area (Å²) in [7, 11) is 0. The van der Waals surface area contributed by atoms with Crippen LogP contribution >= 0.6 is 12.2 Å². The van der Waals surface area contributed by atoms with Gasteiger partial charge < -0.3 is 15.5 Å². The molecule has 25 heavy (non-hydrogen) atoms. The number of amides is 1. The SMILES string of the molecule is Cc1ccc(NC(=S)Nc2ccc(C(=O)N3CCCC3)cc2)cc1C. The zero-order chi connectivity index (χ0) is 17.8. The first-order valence-electron chi connectivity index (χ1n) is 8.57. The van der Waals surface area contributed by atoms with Gasteiger partial charge in [-0.1, -0.05) is 6.07 Å². The normalized spacial score (nSPS) is 13.6. The van der Waals surface area contributed by atoms with Gasteiger partial charge in [0.05, 0.1) is 0 Å². The van der Waals surface area contributed by atoms with Crippen molar-refractivity contribution in [1.29, 1.82) is 0 Å². The number of anilines is 2. The Morgan fingerprint density at radius 3 is 2.16 bits per heavy atom. The first-order valence-corrected chi connectivity index (χ1v) is 8.98. The molecule has 0 aromatic heterocycles. The number of rotatable bonds is 3. The van der Waals surface area contributed by atoms with Crippen molar-refractivity contribution >= 4 is 34.6 Å². The number of likely N-dealkylation sites (tertiary alicyclic amines) is 1. The van der Waals surface area contributed by atoms with Gasteiger partial charge in [-0.3, -0.25) is 4.79 Å².